The number of carbonyl (C=O) groups excluding carboxylic acids is 2. The van der Waals surface area contributed by atoms with Crippen molar-refractivity contribution >= 4 is 23.0 Å². The molecule has 0 unspecified atom stereocenters. The number of hydrogen-bond acceptors (Lipinski definition) is 5. The van der Waals surface area contributed by atoms with E-state index in [1.54, 1.807) is 6.20 Å². The van der Waals surface area contributed by atoms with Gasteiger partial charge < -0.3 is 9.88 Å². The van der Waals surface area contributed by atoms with E-state index in [9.17, 15) is 9.59 Å². The molecule has 0 spiro atoms. The first-order chi connectivity index (χ1) is 10.0. The Morgan fingerprint density at radius 3 is 2.71 bits per heavy atom. The third-order valence-electron chi connectivity index (χ3n) is 3.08. The first kappa shape index (κ1) is 15.4. The van der Waals surface area contributed by atoms with Crippen LogP contribution >= 0.6 is 11.3 Å². The topological polar surface area (TPSA) is 76.9 Å². The minimum Gasteiger partial charge on any atom is -0.341 e. The van der Waals surface area contributed by atoms with E-state index in [1.165, 1.54) is 13.1 Å². The predicted octanol–water partition coefficient (Wildman–Crippen LogP) is 2.35. The molecule has 0 aromatic carbocycles. The number of Topliss-reactive ketones (excluding diaryl/α,β-unsaturated/α-hetero) is 1. The van der Waals surface area contributed by atoms with E-state index in [-0.39, 0.29) is 17.7 Å². The summed E-state index contributed by atoms with van der Waals surface area (Å²) in [6.45, 7) is 3.50. The lowest BCUT2D eigenvalue weighted by Gasteiger charge is -2.17. The lowest BCUT2D eigenvalue weighted by molar-refractivity contribution is 0.0935. The van der Waals surface area contributed by atoms with Crippen LogP contribution in [0.3, 0.4) is 0 Å². The highest BCUT2D eigenvalue weighted by molar-refractivity contribution is 7.15. The molecule has 0 saturated heterocycles. The van der Waals surface area contributed by atoms with Crippen molar-refractivity contribution in [3.8, 4) is 0 Å². The molecule has 0 saturated carbocycles. The van der Waals surface area contributed by atoms with Crippen molar-refractivity contribution < 1.29 is 9.59 Å². The summed E-state index contributed by atoms with van der Waals surface area (Å²) in [5, 5.41) is 3.32. The molecule has 0 bridgehead atoms. The van der Waals surface area contributed by atoms with Crippen molar-refractivity contribution in [2.24, 2.45) is 7.05 Å². The fourth-order valence-corrected chi connectivity index (χ4v) is 2.75. The summed E-state index contributed by atoms with van der Waals surface area (Å²) in [6, 6.07) is -0.148. The average molecular weight is 306 g/mol. The molecule has 2 aromatic heterocycles. The molecule has 1 atom stereocenters. The molecular weight excluding hydrogens is 288 g/mol. The van der Waals surface area contributed by atoms with Gasteiger partial charge in [-0.1, -0.05) is 13.3 Å². The van der Waals surface area contributed by atoms with Crippen molar-refractivity contribution in [2.45, 2.75) is 32.7 Å². The maximum atomic E-state index is 12.3. The summed E-state index contributed by atoms with van der Waals surface area (Å²) >= 11 is 1.11. The number of thiazole rings is 1. The van der Waals surface area contributed by atoms with Crippen LogP contribution in [0.25, 0.3) is 0 Å². The zero-order chi connectivity index (χ0) is 15.4. The number of rotatable bonds is 6. The highest BCUT2D eigenvalue weighted by atomic mass is 32.1. The summed E-state index contributed by atoms with van der Waals surface area (Å²) in [5.74, 6) is 0.469. The number of imidazole rings is 1. The minimum atomic E-state index is -0.221. The van der Waals surface area contributed by atoms with Gasteiger partial charge in [0.2, 0.25) is 0 Å². The zero-order valence-electron chi connectivity index (χ0n) is 12.3. The third-order valence-corrected chi connectivity index (χ3v) is 4.18. The van der Waals surface area contributed by atoms with Gasteiger partial charge in [0, 0.05) is 26.4 Å². The molecule has 2 rings (SSSR count). The molecular formula is C14H18N4O2S. The van der Waals surface area contributed by atoms with Gasteiger partial charge in [0.1, 0.15) is 10.7 Å². The summed E-state index contributed by atoms with van der Waals surface area (Å²) in [7, 11) is 1.90. The molecule has 7 heteroatoms. The summed E-state index contributed by atoms with van der Waals surface area (Å²) in [6.07, 6.45) is 6.74. The number of nitrogens with one attached hydrogen (secondary N) is 1. The number of nitrogens with zero attached hydrogens (tertiary/aromatic N) is 3. The zero-order valence-corrected chi connectivity index (χ0v) is 13.1. The second-order valence-corrected chi connectivity index (χ2v) is 5.83. The molecule has 2 heterocycles. The normalized spacial score (nSPS) is 12.1. The maximum Gasteiger partial charge on any atom is 0.263 e. The molecule has 112 valence electrons. The Labute approximate surface area is 127 Å². The Hall–Kier alpha value is -2.02. The number of hydrogen-bond donors (Lipinski definition) is 1. The minimum absolute atomic E-state index is 0.131. The van der Waals surface area contributed by atoms with Crippen LogP contribution in [0.4, 0.5) is 0 Å². The first-order valence-corrected chi connectivity index (χ1v) is 7.59. The first-order valence-electron chi connectivity index (χ1n) is 6.77. The number of amides is 1. The van der Waals surface area contributed by atoms with Crippen LogP contribution < -0.4 is 5.32 Å². The Kier molecular flexibility index (Phi) is 4.85. The van der Waals surface area contributed by atoms with Gasteiger partial charge in [-0.2, -0.15) is 0 Å². The molecule has 1 amide bonds. The quantitative estimate of drug-likeness (QED) is 0.831. The van der Waals surface area contributed by atoms with Gasteiger partial charge in [-0.25, -0.2) is 9.97 Å². The number of aryl methyl sites for hydroxylation is 1. The largest absolute Gasteiger partial charge is 0.341 e. The van der Waals surface area contributed by atoms with Gasteiger partial charge in [0.25, 0.3) is 5.91 Å². The molecule has 0 aliphatic carbocycles. The second kappa shape index (κ2) is 6.62. The fourth-order valence-electron chi connectivity index (χ4n) is 2.04. The summed E-state index contributed by atoms with van der Waals surface area (Å²) in [5.41, 5.74) is 0. The number of carbonyl (C=O) groups is 2. The summed E-state index contributed by atoms with van der Waals surface area (Å²) in [4.78, 5) is 32.2. The Morgan fingerprint density at radius 1 is 1.43 bits per heavy atom. The highest BCUT2D eigenvalue weighted by Gasteiger charge is 2.20. The van der Waals surface area contributed by atoms with Gasteiger partial charge in [-0.15, -0.1) is 11.3 Å². The van der Waals surface area contributed by atoms with E-state index in [0.29, 0.717) is 9.88 Å². The van der Waals surface area contributed by atoms with E-state index in [4.69, 9.17) is 0 Å². The maximum absolute atomic E-state index is 12.3. The molecule has 6 nitrogen and oxygen atoms in total. The Morgan fingerprint density at radius 2 is 2.19 bits per heavy atom. The van der Waals surface area contributed by atoms with Crippen molar-refractivity contribution in [1.82, 2.24) is 19.9 Å². The van der Waals surface area contributed by atoms with Crippen LogP contribution in [0, 0.1) is 0 Å². The Bertz CT molecular complexity index is 647. The van der Waals surface area contributed by atoms with Crippen molar-refractivity contribution in [3.05, 3.63) is 34.3 Å². The standard InChI is InChI=1S/C14H18N4O2S/c1-4-5-10(12-15-6-7-18(12)3)17-13(20)11-8-16-14(21-11)9(2)19/h6-8,10H,4-5H2,1-3H3,(H,17,20)/t10-/m0/s1. The van der Waals surface area contributed by atoms with Crippen LogP contribution in [-0.4, -0.2) is 26.2 Å². The van der Waals surface area contributed by atoms with Crippen LogP contribution in [0.2, 0.25) is 0 Å². The molecule has 0 aliphatic rings. The molecule has 0 radical (unpaired) electrons. The van der Waals surface area contributed by atoms with Gasteiger partial charge >= 0.3 is 0 Å². The SMILES string of the molecule is CCC[C@H](NC(=O)c1cnc(C(C)=O)s1)c1nccn1C. The lowest BCUT2D eigenvalue weighted by Crippen LogP contribution is -2.29. The number of ketones is 1. The van der Waals surface area contributed by atoms with E-state index in [0.717, 1.165) is 30.0 Å². The molecule has 1 N–H and O–H groups in total. The summed E-state index contributed by atoms with van der Waals surface area (Å²) < 4.78 is 1.90. The average Bonchev–Trinajstić information content (AvgIpc) is 3.06. The van der Waals surface area contributed by atoms with E-state index in [2.05, 4.69) is 22.2 Å². The van der Waals surface area contributed by atoms with Gasteiger partial charge in [0.15, 0.2) is 10.8 Å². The van der Waals surface area contributed by atoms with Gasteiger partial charge in [-0.05, 0) is 6.42 Å². The lowest BCUT2D eigenvalue weighted by atomic mass is 10.1. The van der Waals surface area contributed by atoms with Crippen LogP contribution in [0.5, 0.6) is 0 Å². The van der Waals surface area contributed by atoms with Crippen LogP contribution in [-0.2, 0) is 7.05 Å². The van der Waals surface area contributed by atoms with Crippen molar-refractivity contribution in [2.75, 3.05) is 0 Å². The molecule has 2 aromatic rings. The fraction of sp³-hybridized carbons (Fsp3) is 0.429. The third kappa shape index (κ3) is 3.55. The van der Waals surface area contributed by atoms with Gasteiger partial charge in [-0.3, -0.25) is 9.59 Å². The molecule has 21 heavy (non-hydrogen) atoms. The molecule has 0 aliphatic heterocycles. The second-order valence-electron chi connectivity index (χ2n) is 4.80. The smallest absolute Gasteiger partial charge is 0.263 e. The Balaban J connectivity index is 2.14. The van der Waals surface area contributed by atoms with E-state index >= 15 is 0 Å². The highest BCUT2D eigenvalue weighted by Crippen LogP contribution is 2.19. The predicted molar refractivity (Wildman–Crippen MR) is 80.4 cm³/mol. The number of aromatic nitrogens is 3. The molecule has 0 fully saturated rings. The van der Waals surface area contributed by atoms with Crippen LogP contribution in [0.1, 0.15) is 58.0 Å². The van der Waals surface area contributed by atoms with Gasteiger partial charge in [0.05, 0.1) is 12.2 Å². The van der Waals surface area contributed by atoms with E-state index in [1.807, 2.05) is 17.8 Å². The monoisotopic (exact) mass is 306 g/mol. The van der Waals surface area contributed by atoms with Crippen molar-refractivity contribution in [3.63, 3.8) is 0 Å². The van der Waals surface area contributed by atoms with Crippen molar-refractivity contribution in [1.29, 1.82) is 0 Å². The van der Waals surface area contributed by atoms with E-state index < -0.39 is 0 Å². The van der Waals surface area contributed by atoms with Crippen LogP contribution in [0.15, 0.2) is 18.6 Å².